The van der Waals surface area contributed by atoms with E-state index in [4.69, 9.17) is 9.92 Å². The molecular weight excluding hydrogens is 226 g/mol. The summed E-state index contributed by atoms with van der Waals surface area (Å²) in [6, 6.07) is 6.73. The van der Waals surface area contributed by atoms with Gasteiger partial charge in [-0.2, -0.15) is 0 Å². The highest BCUT2D eigenvalue weighted by atomic mass is 32.2. The molecule has 0 aromatic heterocycles. The molecule has 2 amide bonds. The van der Waals surface area contributed by atoms with Crippen LogP contribution in [0.25, 0.3) is 0 Å². The smallest absolute Gasteiger partial charge is 0.261 e. The molecule has 6 heteroatoms. The largest absolute Gasteiger partial charge is 0.273 e. The van der Waals surface area contributed by atoms with E-state index >= 15 is 0 Å². The second kappa shape index (κ2) is 4.15. The zero-order valence-electron chi connectivity index (χ0n) is 8.47. The molecule has 2 rings (SSSR count). The maximum absolute atomic E-state index is 11.8. The zero-order valence-corrected chi connectivity index (χ0v) is 9.29. The van der Waals surface area contributed by atoms with E-state index in [9.17, 15) is 9.59 Å². The highest BCUT2D eigenvalue weighted by molar-refractivity contribution is 7.83. The molecule has 84 valence electrons. The highest BCUT2D eigenvalue weighted by Crippen LogP contribution is 2.21. The van der Waals surface area contributed by atoms with Crippen LogP contribution in [0.3, 0.4) is 0 Å². The van der Waals surface area contributed by atoms with Gasteiger partial charge in [0.25, 0.3) is 11.8 Å². The van der Waals surface area contributed by atoms with E-state index in [-0.39, 0.29) is 18.4 Å². The molecule has 0 spiro atoms. The van der Waals surface area contributed by atoms with Gasteiger partial charge in [0.2, 0.25) is 0 Å². The van der Waals surface area contributed by atoms with Crippen LogP contribution in [-0.2, 0) is 10.9 Å². The van der Waals surface area contributed by atoms with Crippen LogP contribution >= 0.6 is 0 Å². The molecule has 0 fully saturated rings. The normalized spacial score (nSPS) is 16.4. The van der Waals surface area contributed by atoms with Crippen molar-refractivity contribution in [2.75, 3.05) is 12.3 Å². The Balaban J connectivity index is 2.25. The second-order valence-electron chi connectivity index (χ2n) is 3.44. The van der Waals surface area contributed by atoms with E-state index in [1.807, 2.05) is 0 Å². The molecule has 0 bridgehead atoms. The number of amides is 2. The average Bonchev–Trinajstić information content (AvgIpc) is 2.50. The molecule has 1 aliphatic rings. The van der Waals surface area contributed by atoms with Crippen LogP contribution in [0.4, 0.5) is 0 Å². The van der Waals surface area contributed by atoms with Gasteiger partial charge in [0.1, 0.15) is 0 Å². The third-order valence-electron chi connectivity index (χ3n) is 2.41. The number of fused-ring (bicyclic) bond motifs is 1. The number of rotatable bonds is 3. The van der Waals surface area contributed by atoms with E-state index in [0.29, 0.717) is 16.9 Å². The van der Waals surface area contributed by atoms with Gasteiger partial charge in [-0.1, -0.05) is 12.1 Å². The Morgan fingerprint density at radius 1 is 1.19 bits per heavy atom. The maximum Gasteiger partial charge on any atom is 0.261 e. The van der Waals surface area contributed by atoms with Gasteiger partial charge >= 0.3 is 0 Å². The second-order valence-corrected chi connectivity index (χ2v) is 4.71. The molecule has 5 nitrogen and oxygen atoms in total. The third kappa shape index (κ3) is 1.77. The fraction of sp³-hybridized carbons (Fsp3) is 0.200. The number of nitrogens with one attached hydrogen (secondary N) is 1. The zero-order chi connectivity index (χ0) is 11.7. The first kappa shape index (κ1) is 11.0. The number of imide groups is 1. The van der Waals surface area contributed by atoms with Crippen molar-refractivity contribution < 1.29 is 9.59 Å². The topological polar surface area (TPSA) is 87.2 Å². The molecular formula is C10H11N3O2S. The molecule has 0 radical (unpaired) electrons. The number of nitrogens with zero attached hydrogens (tertiary/aromatic N) is 1. The van der Waals surface area contributed by atoms with E-state index in [0.717, 1.165) is 4.90 Å². The standard InChI is InChI=1S/C10H11N3O2S/c11-16(12)6-5-13-9(14)7-3-1-2-4-8(7)10(13)15/h1-4H,5-6H2,(H3,11,12). The van der Waals surface area contributed by atoms with Crippen molar-refractivity contribution in [3.63, 3.8) is 0 Å². The molecule has 1 aliphatic heterocycles. The van der Waals surface area contributed by atoms with E-state index in [1.165, 1.54) is 0 Å². The molecule has 3 N–H and O–H groups in total. The van der Waals surface area contributed by atoms with Gasteiger partial charge in [0, 0.05) is 12.3 Å². The molecule has 0 saturated carbocycles. The lowest BCUT2D eigenvalue weighted by molar-refractivity contribution is 0.0664. The molecule has 1 heterocycles. The molecule has 0 unspecified atom stereocenters. The van der Waals surface area contributed by atoms with E-state index in [2.05, 4.69) is 0 Å². The van der Waals surface area contributed by atoms with Gasteiger partial charge in [-0.3, -0.25) is 24.4 Å². The number of hydrogen-bond acceptors (Lipinski definition) is 3. The predicted octanol–water partition coefficient (Wildman–Crippen LogP) is 0.537. The fourth-order valence-corrected chi connectivity index (χ4v) is 2.01. The van der Waals surface area contributed by atoms with Gasteiger partial charge in [0.05, 0.1) is 11.1 Å². The van der Waals surface area contributed by atoms with E-state index in [1.54, 1.807) is 24.3 Å². The molecule has 16 heavy (non-hydrogen) atoms. The Labute approximate surface area is 95.3 Å². The average molecular weight is 237 g/mol. The summed E-state index contributed by atoms with van der Waals surface area (Å²) >= 11 is 0. The minimum Gasteiger partial charge on any atom is -0.273 e. The molecule has 0 aliphatic carbocycles. The van der Waals surface area contributed by atoms with Crippen molar-refractivity contribution in [2.24, 2.45) is 5.14 Å². The summed E-state index contributed by atoms with van der Waals surface area (Å²) in [6.45, 7) is 0.218. The number of nitrogens with two attached hydrogens (primary N) is 1. The van der Waals surface area contributed by atoms with Crippen molar-refractivity contribution in [3.8, 4) is 0 Å². The molecule has 1 aromatic rings. The first-order chi connectivity index (χ1) is 7.61. The summed E-state index contributed by atoms with van der Waals surface area (Å²) in [5.41, 5.74) is 0.878. The molecule has 0 saturated heterocycles. The van der Waals surface area contributed by atoms with Crippen LogP contribution < -0.4 is 5.14 Å². The van der Waals surface area contributed by atoms with Crippen molar-refractivity contribution in [1.29, 1.82) is 4.78 Å². The maximum atomic E-state index is 11.8. The van der Waals surface area contributed by atoms with Crippen LogP contribution in [0.5, 0.6) is 0 Å². The Kier molecular flexibility index (Phi) is 2.84. The number of benzene rings is 1. The van der Waals surface area contributed by atoms with Gasteiger partial charge in [-0.05, 0) is 23.0 Å². The predicted molar refractivity (Wildman–Crippen MR) is 60.9 cm³/mol. The lowest BCUT2D eigenvalue weighted by Crippen LogP contribution is -2.34. The van der Waals surface area contributed by atoms with Gasteiger partial charge in [0.15, 0.2) is 0 Å². The van der Waals surface area contributed by atoms with Gasteiger partial charge < -0.3 is 0 Å². The number of carbonyl (C=O) groups excluding carboxylic acids is 2. The summed E-state index contributed by atoms with van der Waals surface area (Å²) < 4.78 is 7.19. The molecule has 1 aromatic carbocycles. The van der Waals surface area contributed by atoms with Crippen molar-refractivity contribution >= 4 is 22.7 Å². The van der Waals surface area contributed by atoms with Crippen LogP contribution in [0.1, 0.15) is 20.7 Å². The fourth-order valence-electron chi connectivity index (χ4n) is 1.63. The number of carbonyl (C=O) groups is 2. The Bertz CT molecular complexity index is 452. The van der Waals surface area contributed by atoms with Crippen LogP contribution in [0, 0.1) is 4.78 Å². The van der Waals surface area contributed by atoms with Crippen molar-refractivity contribution in [1.82, 2.24) is 4.90 Å². The van der Waals surface area contributed by atoms with Crippen LogP contribution in [0.15, 0.2) is 24.3 Å². The summed E-state index contributed by atoms with van der Waals surface area (Å²) in [5, 5.41) is 5.31. The highest BCUT2D eigenvalue weighted by Gasteiger charge is 2.34. The van der Waals surface area contributed by atoms with Crippen LogP contribution in [0.2, 0.25) is 0 Å². The van der Waals surface area contributed by atoms with Gasteiger partial charge in [-0.15, -0.1) is 0 Å². The first-order valence-corrected chi connectivity index (χ1v) is 6.18. The monoisotopic (exact) mass is 237 g/mol. The van der Waals surface area contributed by atoms with Crippen LogP contribution in [-0.4, -0.2) is 29.0 Å². The summed E-state index contributed by atoms with van der Waals surface area (Å²) in [6.07, 6.45) is 0. The quantitative estimate of drug-likeness (QED) is 0.752. The molecule has 1 atom stereocenters. The lowest BCUT2D eigenvalue weighted by atomic mass is 10.1. The van der Waals surface area contributed by atoms with Gasteiger partial charge in [-0.25, -0.2) is 0 Å². The summed E-state index contributed by atoms with van der Waals surface area (Å²) in [5.74, 6) is -0.247. The number of hydrogen-bond donors (Lipinski definition) is 2. The van der Waals surface area contributed by atoms with E-state index < -0.39 is 10.9 Å². The Morgan fingerprint density at radius 2 is 1.69 bits per heavy atom. The first-order valence-electron chi connectivity index (χ1n) is 4.73. The minimum atomic E-state index is -1.00. The summed E-state index contributed by atoms with van der Waals surface area (Å²) in [7, 11) is -1.00. The summed E-state index contributed by atoms with van der Waals surface area (Å²) in [4.78, 5) is 24.8. The minimum absolute atomic E-state index is 0.218. The Morgan fingerprint density at radius 3 is 2.12 bits per heavy atom. The lowest BCUT2D eigenvalue weighted by Gasteiger charge is -2.12. The van der Waals surface area contributed by atoms with Crippen molar-refractivity contribution in [2.45, 2.75) is 0 Å². The third-order valence-corrected chi connectivity index (χ3v) is 3.04. The SMILES string of the molecule is N=[S@](N)CCN1C(=O)c2ccccc2C1=O. The Hall–Kier alpha value is -1.53. The van der Waals surface area contributed by atoms with Crippen molar-refractivity contribution in [3.05, 3.63) is 35.4 Å².